The molecule has 1 aromatic heterocycles. The summed E-state index contributed by atoms with van der Waals surface area (Å²) in [4.78, 5) is 18.5. The summed E-state index contributed by atoms with van der Waals surface area (Å²) >= 11 is 0. The number of likely N-dealkylation sites (tertiary alicyclic amines) is 1. The average Bonchev–Trinajstić information content (AvgIpc) is 3.08. The zero-order valence-electron chi connectivity index (χ0n) is 11.8. The van der Waals surface area contributed by atoms with E-state index < -0.39 is 0 Å². The molecular weight excluding hydrogens is 266 g/mol. The third-order valence-corrected chi connectivity index (χ3v) is 3.80. The van der Waals surface area contributed by atoms with Crippen LogP contribution in [-0.2, 0) is 6.54 Å². The van der Waals surface area contributed by atoms with Crippen LogP contribution >= 0.6 is 0 Å². The summed E-state index contributed by atoms with van der Waals surface area (Å²) in [6, 6.07) is 9.88. The van der Waals surface area contributed by atoms with Crippen LogP contribution in [0.15, 0.2) is 36.7 Å². The largest absolute Gasteiger partial charge is 0.334 e. The van der Waals surface area contributed by atoms with Crippen molar-refractivity contribution < 1.29 is 4.79 Å². The number of aromatic nitrogens is 3. The summed E-state index contributed by atoms with van der Waals surface area (Å²) in [5.41, 5.74) is 1.10. The van der Waals surface area contributed by atoms with Crippen LogP contribution < -0.4 is 5.32 Å². The number of aromatic amines is 1. The SMILES string of the molecule is O=C(NCc1ccccc1)N1CCCC[C@@H]1c1ncn[nH]1. The number of carbonyl (C=O) groups excluding carboxylic acids is 1. The highest BCUT2D eigenvalue weighted by atomic mass is 16.2. The van der Waals surface area contributed by atoms with Gasteiger partial charge in [0.1, 0.15) is 12.2 Å². The van der Waals surface area contributed by atoms with E-state index in [1.165, 1.54) is 6.33 Å². The van der Waals surface area contributed by atoms with Gasteiger partial charge in [0.25, 0.3) is 0 Å². The van der Waals surface area contributed by atoms with Crippen molar-refractivity contribution in [3.05, 3.63) is 48.0 Å². The number of H-pyrrole nitrogens is 1. The Balaban J connectivity index is 1.64. The fourth-order valence-corrected chi connectivity index (χ4v) is 2.71. The highest BCUT2D eigenvalue weighted by molar-refractivity contribution is 5.74. The van der Waals surface area contributed by atoms with Gasteiger partial charge in [0.2, 0.25) is 0 Å². The van der Waals surface area contributed by atoms with Gasteiger partial charge in [-0.2, -0.15) is 5.10 Å². The lowest BCUT2D eigenvalue weighted by Gasteiger charge is -2.34. The number of piperidine rings is 1. The van der Waals surface area contributed by atoms with Crippen LogP contribution in [0.3, 0.4) is 0 Å². The number of benzene rings is 1. The molecule has 1 aromatic carbocycles. The van der Waals surface area contributed by atoms with Crippen LogP contribution in [0, 0.1) is 0 Å². The van der Waals surface area contributed by atoms with Gasteiger partial charge in [-0.05, 0) is 24.8 Å². The summed E-state index contributed by atoms with van der Waals surface area (Å²) in [6.45, 7) is 1.30. The summed E-state index contributed by atoms with van der Waals surface area (Å²) in [7, 11) is 0. The third-order valence-electron chi connectivity index (χ3n) is 3.80. The molecule has 1 aliphatic rings. The van der Waals surface area contributed by atoms with Gasteiger partial charge >= 0.3 is 6.03 Å². The number of urea groups is 1. The first-order valence-corrected chi connectivity index (χ1v) is 7.28. The molecule has 2 N–H and O–H groups in total. The molecule has 3 rings (SSSR count). The number of rotatable bonds is 3. The molecule has 0 saturated carbocycles. The predicted octanol–water partition coefficient (Wildman–Crippen LogP) is 2.24. The van der Waals surface area contributed by atoms with Crippen molar-refractivity contribution in [3.8, 4) is 0 Å². The highest BCUT2D eigenvalue weighted by Crippen LogP contribution is 2.28. The molecule has 0 aliphatic carbocycles. The molecule has 1 fully saturated rings. The minimum atomic E-state index is -0.0417. The second-order valence-corrected chi connectivity index (χ2v) is 5.22. The Morgan fingerprint density at radius 1 is 1.33 bits per heavy atom. The van der Waals surface area contributed by atoms with Crippen molar-refractivity contribution in [2.45, 2.75) is 31.8 Å². The highest BCUT2D eigenvalue weighted by Gasteiger charge is 2.29. The lowest BCUT2D eigenvalue weighted by atomic mass is 10.0. The minimum absolute atomic E-state index is 0.00276. The van der Waals surface area contributed by atoms with Crippen LogP contribution in [-0.4, -0.2) is 32.7 Å². The molecule has 6 nitrogen and oxygen atoms in total. The van der Waals surface area contributed by atoms with Crippen molar-refractivity contribution in [1.29, 1.82) is 0 Å². The molecule has 0 spiro atoms. The van der Waals surface area contributed by atoms with E-state index >= 15 is 0 Å². The van der Waals surface area contributed by atoms with Gasteiger partial charge in [-0.15, -0.1) is 0 Å². The first-order chi connectivity index (χ1) is 10.3. The van der Waals surface area contributed by atoms with Gasteiger partial charge in [-0.25, -0.2) is 9.78 Å². The molecule has 0 radical (unpaired) electrons. The number of hydrogen-bond donors (Lipinski definition) is 2. The Bertz CT molecular complexity index is 569. The first kappa shape index (κ1) is 13.6. The van der Waals surface area contributed by atoms with Crippen LogP contribution in [0.2, 0.25) is 0 Å². The quantitative estimate of drug-likeness (QED) is 0.908. The van der Waals surface area contributed by atoms with Crippen LogP contribution in [0.4, 0.5) is 4.79 Å². The number of nitrogens with zero attached hydrogens (tertiary/aromatic N) is 3. The van der Waals surface area contributed by atoms with E-state index in [-0.39, 0.29) is 12.1 Å². The molecule has 0 unspecified atom stereocenters. The van der Waals surface area contributed by atoms with Crippen molar-refractivity contribution in [3.63, 3.8) is 0 Å². The second-order valence-electron chi connectivity index (χ2n) is 5.22. The first-order valence-electron chi connectivity index (χ1n) is 7.28. The molecule has 0 bridgehead atoms. The summed E-state index contributed by atoms with van der Waals surface area (Å²) < 4.78 is 0. The van der Waals surface area contributed by atoms with Crippen molar-refractivity contribution in [1.82, 2.24) is 25.4 Å². The van der Waals surface area contributed by atoms with E-state index in [1.54, 1.807) is 0 Å². The van der Waals surface area contributed by atoms with E-state index in [4.69, 9.17) is 0 Å². The van der Waals surface area contributed by atoms with Gasteiger partial charge in [0.05, 0.1) is 6.04 Å². The monoisotopic (exact) mass is 285 g/mol. The van der Waals surface area contributed by atoms with Gasteiger partial charge in [0.15, 0.2) is 0 Å². The van der Waals surface area contributed by atoms with E-state index in [1.807, 2.05) is 35.2 Å². The lowest BCUT2D eigenvalue weighted by molar-refractivity contribution is 0.147. The number of amides is 2. The maximum Gasteiger partial charge on any atom is 0.318 e. The fourth-order valence-electron chi connectivity index (χ4n) is 2.71. The maximum atomic E-state index is 12.4. The third kappa shape index (κ3) is 3.21. The van der Waals surface area contributed by atoms with Crippen molar-refractivity contribution >= 4 is 6.03 Å². The summed E-state index contributed by atoms with van der Waals surface area (Å²) in [5.74, 6) is 0.768. The van der Waals surface area contributed by atoms with Gasteiger partial charge < -0.3 is 10.2 Å². The molecule has 21 heavy (non-hydrogen) atoms. The van der Waals surface area contributed by atoms with Gasteiger partial charge in [-0.1, -0.05) is 30.3 Å². The second kappa shape index (κ2) is 6.39. The summed E-state index contributed by atoms with van der Waals surface area (Å²) in [6.07, 6.45) is 4.55. The summed E-state index contributed by atoms with van der Waals surface area (Å²) in [5, 5.41) is 9.76. The Labute approximate surface area is 123 Å². The number of hydrogen-bond acceptors (Lipinski definition) is 3. The topological polar surface area (TPSA) is 73.9 Å². The molecule has 1 saturated heterocycles. The number of carbonyl (C=O) groups is 1. The van der Waals surface area contributed by atoms with E-state index in [0.29, 0.717) is 6.54 Å². The average molecular weight is 285 g/mol. The van der Waals surface area contributed by atoms with E-state index in [0.717, 1.165) is 37.2 Å². The van der Waals surface area contributed by atoms with Crippen LogP contribution in [0.1, 0.15) is 36.7 Å². The van der Waals surface area contributed by atoms with Crippen LogP contribution in [0.5, 0.6) is 0 Å². The zero-order chi connectivity index (χ0) is 14.5. The van der Waals surface area contributed by atoms with E-state index in [2.05, 4.69) is 20.5 Å². The lowest BCUT2D eigenvalue weighted by Crippen LogP contribution is -2.44. The Hall–Kier alpha value is -2.37. The van der Waals surface area contributed by atoms with E-state index in [9.17, 15) is 4.79 Å². The Kier molecular flexibility index (Phi) is 4.14. The van der Waals surface area contributed by atoms with Crippen LogP contribution in [0.25, 0.3) is 0 Å². The smallest absolute Gasteiger partial charge is 0.318 e. The van der Waals surface area contributed by atoms with Gasteiger partial charge in [-0.3, -0.25) is 5.10 Å². The number of nitrogens with one attached hydrogen (secondary N) is 2. The van der Waals surface area contributed by atoms with Crippen molar-refractivity contribution in [2.24, 2.45) is 0 Å². The standard InChI is InChI=1S/C15H19N5O/c21-15(16-10-12-6-2-1-3-7-12)20-9-5-4-8-13(20)14-17-11-18-19-14/h1-3,6-7,11,13H,4-5,8-10H2,(H,16,21)(H,17,18,19)/t13-/m1/s1. The molecular formula is C15H19N5O. The molecule has 2 aromatic rings. The predicted molar refractivity (Wildman–Crippen MR) is 78.4 cm³/mol. The maximum absolute atomic E-state index is 12.4. The Morgan fingerprint density at radius 3 is 2.95 bits per heavy atom. The zero-order valence-corrected chi connectivity index (χ0v) is 11.8. The molecule has 1 aliphatic heterocycles. The molecule has 2 amide bonds. The Morgan fingerprint density at radius 2 is 2.19 bits per heavy atom. The fraction of sp³-hybridized carbons (Fsp3) is 0.400. The molecule has 1 atom stereocenters. The normalized spacial score (nSPS) is 18.5. The molecule has 110 valence electrons. The molecule has 6 heteroatoms. The molecule has 2 heterocycles. The van der Waals surface area contributed by atoms with Crippen molar-refractivity contribution in [2.75, 3.05) is 6.54 Å². The van der Waals surface area contributed by atoms with Gasteiger partial charge in [0, 0.05) is 13.1 Å². The minimum Gasteiger partial charge on any atom is -0.334 e.